The minimum Gasteiger partial charge on any atom is -0.492 e. The molecule has 2 aromatic rings. The van der Waals surface area contributed by atoms with E-state index < -0.39 is 5.97 Å². The number of aryl methyl sites for hydroxylation is 2. The fourth-order valence-electron chi connectivity index (χ4n) is 6.71. The van der Waals surface area contributed by atoms with E-state index in [1.807, 2.05) is 48.5 Å². The number of methoxy groups -OCH3 is 1. The molecule has 0 fully saturated rings. The number of aliphatic carboxylic acids is 1. The molecule has 0 atom stereocenters. The van der Waals surface area contributed by atoms with Crippen molar-refractivity contribution in [1.82, 2.24) is 9.80 Å². The third kappa shape index (κ3) is 32.5. The molecule has 0 radical (unpaired) electrons. The van der Waals surface area contributed by atoms with Crippen LogP contribution < -0.4 is 9.47 Å². The maximum atomic E-state index is 11.2. The number of carboxylic acid groups (broad SMARTS) is 1. The number of rotatable bonds is 36. The van der Waals surface area contributed by atoms with Crippen LogP contribution in [0, 0.1) is 0 Å². The van der Waals surface area contributed by atoms with Crippen LogP contribution in [-0.2, 0) is 27.2 Å². The number of likely N-dealkylation sites (N-methyl/N-ethyl adjacent to an activating group) is 2. The maximum absolute atomic E-state index is 11.2. The van der Waals surface area contributed by atoms with Crippen molar-refractivity contribution in [3.05, 3.63) is 59.7 Å². The Morgan fingerprint density at radius 3 is 1.16 bits per heavy atom. The highest BCUT2D eigenvalue weighted by Crippen LogP contribution is 2.16. The van der Waals surface area contributed by atoms with Gasteiger partial charge in [-0.3, -0.25) is 9.59 Å². The molecule has 0 unspecified atom stereocenters. The van der Waals surface area contributed by atoms with E-state index in [9.17, 15) is 9.59 Å². The van der Waals surface area contributed by atoms with Crippen LogP contribution >= 0.6 is 0 Å². The van der Waals surface area contributed by atoms with Crippen LogP contribution in [0.15, 0.2) is 48.5 Å². The first-order valence-corrected chi connectivity index (χ1v) is 22.9. The number of ether oxygens (including phenoxy) is 3. The number of carboxylic acids is 1. The van der Waals surface area contributed by atoms with E-state index in [1.165, 1.54) is 136 Å². The Balaban J connectivity index is 0.000000570. The lowest BCUT2D eigenvalue weighted by atomic mass is 10.1. The monoisotopic (exact) mass is 797 g/mol. The summed E-state index contributed by atoms with van der Waals surface area (Å²) in [5, 5.41) is 8.72. The number of nitrogens with zero attached hydrogens (tertiary/aromatic N) is 2. The number of benzene rings is 2. The molecule has 0 bridgehead atoms. The molecule has 2 rings (SSSR count). The van der Waals surface area contributed by atoms with Gasteiger partial charge in [0.05, 0.1) is 7.11 Å². The zero-order chi connectivity index (χ0) is 41.6. The Bertz CT molecular complexity index is 1210. The van der Waals surface area contributed by atoms with Gasteiger partial charge >= 0.3 is 11.9 Å². The summed E-state index contributed by atoms with van der Waals surface area (Å²) in [5.41, 5.74) is 2.16. The zero-order valence-corrected chi connectivity index (χ0v) is 37.2. The van der Waals surface area contributed by atoms with Gasteiger partial charge in [0.25, 0.3) is 0 Å². The van der Waals surface area contributed by atoms with Gasteiger partial charge in [-0.1, -0.05) is 154 Å². The van der Waals surface area contributed by atoms with Gasteiger partial charge in [-0.2, -0.15) is 0 Å². The molecule has 0 saturated carbocycles. The van der Waals surface area contributed by atoms with Gasteiger partial charge < -0.3 is 29.1 Å². The van der Waals surface area contributed by atoms with Crippen LogP contribution in [-0.4, -0.2) is 87.4 Å². The van der Waals surface area contributed by atoms with E-state index in [2.05, 4.69) is 42.5 Å². The van der Waals surface area contributed by atoms with Gasteiger partial charge in [0.2, 0.25) is 0 Å². The molecule has 0 amide bonds. The van der Waals surface area contributed by atoms with Crippen LogP contribution in [0.4, 0.5) is 0 Å². The predicted molar refractivity (Wildman–Crippen MR) is 239 cm³/mol. The number of carbonyl (C=O) groups is 2. The second-order valence-corrected chi connectivity index (χ2v) is 15.9. The van der Waals surface area contributed by atoms with Gasteiger partial charge in [0.1, 0.15) is 24.7 Å². The largest absolute Gasteiger partial charge is 0.492 e. The van der Waals surface area contributed by atoms with Gasteiger partial charge in [0.15, 0.2) is 0 Å². The first-order valence-electron chi connectivity index (χ1n) is 22.9. The SMILES string of the molecule is CCCCCCCCCCCCN(C)CCOc1ccc(CCC(=O)O)cc1.CCCCCCCCCCCCN(C)CCOc1ccc(CCC(=O)OC)cc1. The molecule has 0 aromatic heterocycles. The highest BCUT2D eigenvalue weighted by molar-refractivity contribution is 5.69. The van der Waals surface area contributed by atoms with Gasteiger partial charge in [-0.15, -0.1) is 0 Å². The maximum Gasteiger partial charge on any atom is 0.305 e. The Morgan fingerprint density at radius 2 is 0.825 bits per heavy atom. The van der Waals surface area contributed by atoms with E-state index in [0.717, 1.165) is 48.8 Å². The minimum atomic E-state index is -0.759. The van der Waals surface area contributed by atoms with Crippen molar-refractivity contribution < 1.29 is 28.9 Å². The normalized spacial score (nSPS) is 11.1. The van der Waals surface area contributed by atoms with Crippen molar-refractivity contribution in [3.63, 3.8) is 0 Å². The summed E-state index contributed by atoms with van der Waals surface area (Å²) in [4.78, 5) is 26.5. The summed E-state index contributed by atoms with van der Waals surface area (Å²) in [5.74, 6) is 0.812. The molecule has 0 aliphatic heterocycles. The Morgan fingerprint density at radius 1 is 0.491 bits per heavy atom. The Labute approximate surface area is 349 Å². The number of carbonyl (C=O) groups excluding carboxylic acids is 1. The fourth-order valence-corrected chi connectivity index (χ4v) is 6.71. The average molecular weight is 797 g/mol. The molecule has 0 saturated heterocycles. The van der Waals surface area contributed by atoms with Gasteiger partial charge in [0, 0.05) is 25.9 Å². The zero-order valence-electron chi connectivity index (χ0n) is 37.2. The van der Waals surface area contributed by atoms with Crippen LogP contribution in [0.5, 0.6) is 11.5 Å². The molecule has 8 nitrogen and oxygen atoms in total. The number of hydrogen-bond donors (Lipinski definition) is 1. The molecule has 0 heterocycles. The molecule has 0 aliphatic rings. The Kier molecular flexibility index (Phi) is 33.9. The summed E-state index contributed by atoms with van der Waals surface area (Å²) >= 11 is 0. The molecular weight excluding hydrogens is 713 g/mol. The lowest BCUT2D eigenvalue weighted by molar-refractivity contribution is -0.140. The number of unbranched alkanes of at least 4 members (excludes halogenated alkanes) is 18. The van der Waals surface area contributed by atoms with Crippen molar-refractivity contribution >= 4 is 11.9 Å². The molecule has 326 valence electrons. The second-order valence-electron chi connectivity index (χ2n) is 15.9. The summed E-state index contributed by atoms with van der Waals surface area (Å²) < 4.78 is 16.3. The molecule has 1 N–H and O–H groups in total. The summed E-state index contributed by atoms with van der Waals surface area (Å²) in [6.45, 7) is 10.1. The first-order chi connectivity index (χ1) is 27.8. The predicted octanol–water partition coefficient (Wildman–Crippen LogP) is 12.0. The van der Waals surface area contributed by atoms with E-state index in [1.54, 1.807) is 0 Å². The van der Waals surface area contributed by atoms with Crippen molar-refractivity contribution in [2.45, 2.75) is 168 Å². The standard InChI is InChI=1S/C25H43NO3.C24H41NO3/c1-4-5-6-7-8-9-10-11-12-13-20-26(2)21-22-29-24-17-14-23(15-18-24)16-19-25(27)28-3;1-3-4-5-6-7-8-9-10-11-12-19-25(2)20-21-28-23-16-13-22(14-17-23)15-18-24(26)27/h14-15,17-18H,4-13,16,19-22H2,1-3H3;13-14,16-17H,3-12,15,18-21H2,1-2H3,(H,26,27). The first kappa shape index (κ1) is 51.9. The fraction of sp³-hybridized carbons (Fsp3) is 0.714. The smallest absolute Gasteiger partial charge is 0.305 e. The molecule has 0 aliphatic carbocycles. The van der Waals surface area contributed by atoms with Crippen molar-refractivity contribution in [3.8, 4) is 11.5 Å². The van der Waals surface area contributed by atoms with E-state index in [4.69, 9.17) is 14.6 Å². The van der Waals surface area contributed by atoms with Crippen molar-refractivity contribution in [2.75, 3.05) is 60.6 Å². The Hall–Kier alpha value is -3.10. The quantitative estimate of drug-likeness (QED) is 0.0539. The summed E-state index contributed by atoms with van der Waals surface area (Å²) in [6, 6.07) is 15.8. The van der Waals surface area contributed by atoms with Crippen molar-refractivity contribution in [1.29, 1.82) is 0 Å². The number of hydrogen-bond acceptors (Lipinski definition) is 7. The van der Waals surface area contributed by atoms with E-state index in [0.29, 0.717) is 32.5 Å². The third-order valence-electron chi connectivity index (χ3n) is 10.6. The average Bonchev–Trinajstić information content (AvgIpc) is 3.21. The van der Waals surface area contributed by atoms with E-state index in [-0.39, 0.29) is 12.4 Å². The summed E-state index contributed by atoms with van der Waals surface area (Å²) in [7, 11) is 5.76. The molecular formula is C49H84N2O6. The number of esters is 1. The lowest BCUT2D eigenvalue weighted by Crippen LogP contribution is -2.25. The van der Waals surface area contributed by atoms with Gasteiger partial charge in [-0.05, 0) is 88.3 Å². The topological polar surface area (TPSA) is 88.5 Å². The molecule has 57 heavy (non-hydrogen) atoms. The molecule has 8 heteroatoms. The minimum absolute atomic E-state index is 0.171. The summed E-state index contributed by atoms with van der Waals surface area (Å²) in [6.07, 6.45) is 29.4. The van der Waals surface area contributed by atoms with Crippen LogP contribution in [0.2, 0.25) is 0 Å². The van der Waals surface area contributed by atoms with Crippen LogP contribution in [0.25, 0.3) is 0 Å². The molecule has 0 spiro atoms. The third-order valence-corrected chi connectivity index (χ3v) is 10.6. The van der Waals surface area contributed by atoms with Crippen LogP contribution in [0.1, 0.15) is 166 Å². The van der Waals surface area contributed by atoms with E-state index >= 15 is 0 Å². The highest BCUT2D eigenvalue weighted by atomic mass is 16.5. The molecule has 2 aromatic carbocycles. The second kappa shape index (κ2) is 37.2. The highest BCUT2D eigenvalue weighted by Gasteiger charge is 2.05. The van der Waals surface area contributed by atoms with Crippen LogP contribution in [0.3, 0.4) is 0 Å². The van der Waals surface area contributed by atoms with Crippen molar-refractivity contribution in [2.24, 2.45) is 0 Å². The lowest BCUT2D eigenvalue weighted by Gasteiger charge is -2.17. The van der Waals surface area contributed by atoms with Gasteiger partial charge in [-0.25, -0.2) is 0 Å².